The molecule has 0 radical (unpaired) electrons. The van der Waals surface area contributed by atoms with Gasteiger partial charge in [0, 0.05) is 17.1 Å². The summed E-state index contributed by atoms with van der Waals surface area (Å²) in [6.45, 7) is 2.72. The Morgan fingerprint density at radius 3 is 2.53 bits per heavy atom. The summed E-state index contributed by atoms with van der Waals surface area (Å²) in [5.41, 5.74) is 2.12. The number of nitrogens with one attached hydrogen (secondary N) is 1. The van der Waals surface area contributed by atoms with Crippen LogP contribution in [-0.2, 0) is 6.54 Å². The van der Waals surface area contributed by atoms with E-state index in [1.54, 1.807) is 12.1 Å². The molecular formula is C15H14Br2FN. The molecular weight excluding hydrogens is 373 g/mol. The van der Waals surface area contributed by atoms with Crippen LogP contribution in [0.1, 0.15) is 24.1 Å². The molecule has 1 nitrogen and oxygen atoms in total. The number of halogens is 3. The summed E-state index contributed by atoms with van der Waals surface area (Å²) >= 11 is 6.69. The maximum Gasteiger partial charge on any atom is 0.137 e. The largest absolute Gasteiger partial charge is 0.306 e. The molecule has 19 heavy (non-hydrogen) atoms. The lowest BCUT2D eigenvalue weighted by Gasteiger charge is -2.16. The van der Waals surface area contributed by atoms with Gasteiger partial charge in [0.15, 0.2) is 0 Å². The molecule has 0 aliphatic carbocycles. The Hall–Kier alpha value is -0.710. The van der Waals surface area contributed by atoms with Gasteiger partial charge in [-0.2, -0.15) is 0 Å². The van der Waals surface area contributed by atoms with Crippen LogP contribution in [0.5, 0.6) is 0 Å². The van der Waals surface area contributed by atoms with Crippen molar-refractivity contribution in [2.45, 2.75) is 19.5 Å². The van der Waals surface area contributed by atoms with E-state index < -0.39 is 0 Å². The van der Waals surface area contributed by atoms with Crippen LogP contribution in [0.2, 0.25) is 0 Å². The van der Waals surface area contributed by atoms with Gasteiger partial charge in [-0.1, -0.05) is 40.2 Å². The zero-order valence-electron chi connectivity index (χ0n) is 10.5. The molecule has 0 heterocycles. The van der Waals surface area contributed by atoms with Crippen LogP contribution in [0.15, 0.2) is 51.4 Å². The molecule has 2 rings (SSSR count). The number of benzene rings is 2. The second-order valence-corrected chi connectivity index (χ2v) is 6.08. The number of hydrogen-bond donors (Lipinski definition) is 1. The highest BCUT2D eigenvalue weighted by molar-refractivity contribution is 9.10. The summed E-state index contributed by atoms with van der Waals surface area (Å²) in [5.74, 6) is -0.229. The summed E-state index contributed by atoms with van der Waals surface area (Å²) in [6, 6.07) is 13.5. The highest BCUT2D eigenvalue weighted by atomic mass is 79.9. The minimum Gasteiger partial charge on any atom is -0.306 e. The number of rotatable bonds is 4. The molecule has 0 amide bonds. The smallest absolute Gasteiger partial charge is 0.137 e. The van der Waals surface area contributed by atoms with Crippen molar-refractivity contribution < 1.29 is 4.39 Å². The van der Waals surface area contributed by atoms with Crippen molar-refractivity contribution in [3.8, 4) is 0 Å². The zero-order valence-corrected chi connectivity index (χ0v) is 13.6. The quantitative estimate of drug-likeness (QED) is 0.761. The molecule has 0 unspecified atom stereocenters. The fourth-order valence-corrected chi connectivity index (χ4v) is 2.73. The topological polar surface area (TPSA) is 12.0 Å². The van der Waals surface area contributed by atoms with Crippen LogP contribution in [0.3, 0.4) is 0 Å². The first-order chi connectivity index (χ1) is 9.08. The van der Waals surface area contributed by atoms with E-state index in [0.29, 0.717) is 11.0 Å². The normalized spacial score (nSPS) is 12.4. The van der Waals surface area contributed by atoms with Gasteiger partial charge in [-0.05, 0) is 52.2 Å². The number of hydrogen-bond acceptors (Lipinski definition) is 1. The maximum absolute atomic E-state index is 13.4. The van der Waals surface area contributed by atoms with Gasteiger partial charge >= 0.3 is 0 Å². The van der Waals surface area contributed by atoms with Crippen LogP contribution in [0, 0.1) is 5.82 Å². The molecule has 0 saturated carbocycles. The van der Waals surface area contributed by atoms with Gasteiger partial charge in [0.1, 0.15) is 5.82 Å². The van der Waals surface area contributed by atoms with Crippen LogP contribution >= 0.6 is 31.9 Å². The Morgan fingerprint density at radius 1 is 1.11 bits per heavy atom. The SMILES string of the molecule is C[C@H](NCc1ccc(Br)c(F)c1)c1ccccc1Br. The summed E-state index contributed by atoms with van der Waals surface area (Å²) in [7, 11) is 0. The third-order valence-corrected chi connectivity index (χ3v) is 4.33. The first-order valence-electron chi connectivity index (χ1n) is 5.99. The fourth-order valence-electron chi connectivity index (χ4n) is 1.86. The predicted molar refractivity (Wildman–Crippen MR) is 83.5 cm³/mol. The van der Waals surface area contributed by atoms with Crippen LogP contribution in [-0.4, -0.2) is 0 Å². The summed E-state index contributed by atoms with van der Waals surface area (Å²) in [4.78, 5) is 0. The van der Waals surface area contributed by atoms with Crippen molar-refractivity contribution in [1.82, 2.24) is 5.32 Å². The van der Waals surface area contributed by atoms with Gasteiger partial charge in [-0.15, -0.1) is 0 Å². The standard InChI is InChI=1S/C15H14Br2FN/c1-10(12-4-2-3-5-13(12)16)19-9-11-6-7-14(17)15(18)8-11/h2-8,10,19H,9H2,1H3/t10-/m0/s1. The Bertz CT molecular complexity index is 572. The summed E-state index contributed by atoms with van der Waals surface area (Å²) < 4.78 is 15.0. The van der Waals surface area contributed by atoms with E-state index in [-0.39, 0.29) is 11.9 Å². The Morgan fingerprint density at radius 2 is 1.84 bits per heavy atom. The van der Waals surface area contributed by atoms with E-state index in [0.717, 1.165) is 10.0 Å². The van der Waals surface area contributed by atoms with Gasteiger partial charge in [0.05, 0.1) is 4.47 Å². The van der Waals surface area contributed by atoms with E-state index in [2.05, 4.69) is 50.2 Å². The van der Waals surface area contributed by atoms with Crippen LogP contribution in [0.4, 0.5) is 4.39 Å². The molecule has 0 spiro atoms. The van der Waals surface area contributed by atoms with Gasteiger partial charge in [0.25, 0.3) is 0 Å². The summed E-state index contributed by atoms with van der Waals surface area (Å²) in [5, 5.41) is 3.39. The molecule has 0 bridgehead atoms. The first-order valence-corrected chi connectivity index (χ1v) is 7.58. The van der Waals surface area contributed by atoms with Crippen LogP contribution in [0.25, 0.3) is 0 Å². The molecule has 100 valence electrons. The minimum atomic E-state index is -0.229. The van der Waals surface area contributed by atoms with Crippen molar-refractivity contribution >= 4 is 31.9 Å². The lowest BCUT2D eigenvalue weighted by Crippen LogP contribution is -2.18. The molecule has 4 heteroatoms. The van der Waals surface area contributed by atoms with Crippen molar-refractivity contribution in [2.24, 2.45) is 0 Å². The highest BCUT2D eigenvalue weighted by Gasteiger charge is 2.08. The van der Waals surface area contributed by atoms with Crippen molar-refractivity contribution in [2.75, 3.05) is 0 Å². The average molecular weight is 387 g/mol. The van der Waals surface area contributed by atoms with E-state index in [9.17, 15) is 4.39 Å². The lowest BCUT2D eigenvalue weighted by atomic mass is 10.1. The van der Waals surface area contributed by atoms with E-state index in [1.165, 1.54) is 5.56 Å². The second-order valence-electron chi connectivity index (χ2n) is 4.37. The zero-order chi connectivity index (χ0) is 13.8. The third-order valence-electron chi connectivity index (χ3n) is 2.97. The van der Waals surface area contributed by atoms with E-state index in [4.69, 9.17) is 0 Å². The van der Waals surface area contributed by atoms with Crippen molar-refractivity contribution in [3.05, 3.63) is 68.4 Å². The Balaban J connectivity index is 2.02. The summed E-state index contributed by atoms with van der Waals surface area (Å²) in [6.07, 6.45) is 0. The van der Waals surface area contributed by atoms with E-state index >= 15 is 0 Å². The first kappa shape index (κ1) is 14.7. The van der Waals surface area contributed by atoms with Gasteiger partial charge in [-0.25, -0.2) is 4.39 Å². The fraction of sp³-hybridized carbons (Fsp3) is 0.200. The molecule has 2 aromatic carbocycles. The van der Waals surface area contributed by atoms with Crippen molar-refractivity contribution in [3.63, 3.8) is 0 Å². The second kappa shape index (κ2) is 6.64. The van der Waals surface area contributed by atoms with Gasteiger partial charge < -0.3 is 5.32 Å². The molecule has 0 aromatic heterocycles. The maximum atomic E-state index is 13.4. The molecule has 0 aliphatic heterocycles. The lowest BCUT2D eigenvalue weighted by molar-refractivity contribution is 0.567. The Labute approximate surface area is 129 Å². The molecule has 0 saturated heterocycles. The molecule has 2 aromatic rings. The van der Waals surface area contributed by atoms with Crippen molar-refractivity contribution in [1.29, 1.82) is 0 Å². The molecule has 0 aliphatic rings. The van der Waals surface area contributed by atoms with Gasteiger partial charge in [0.2, 0.25) is 0 Å². The van der Waals surface area contributed by atoms with Gasteiger partial charge in [-0.3, -0.25) is 0 Å². The molecule has 1 N–H and O–H groups in total. The average Bonchev–Trinajstić information content (AvgIpc) is 2.40. The third kappa shape index (κ3) is 3.88. The molecule has 1 atom stereocenters. The monoisotopic (exact) mass is 385 g/mol. The minimum absolute atomic E-state index is 0.197. The van der Waals surface area contributed by atoms with E-state index in [1.807, 2.05) is 24.3 Å². The predicted octanol–water partition coefficient (Wildman–Crippen LogP) is 5.20. The highest BCUT2D eigenvalue weighted by Crippen LogP contribution is 2.23. The van der Waals surface area contributed by atoms with Crippen LogP contribution < -0.4 is 5.32 Å². The molecule has 0 fully saturated rings. The Kier molecular flexibility index (Phi) is 5.13.